The van der Waals surface area contributed by atoms with E-state index in [9.17, 15) is 0 Å². The Bertz CT molecular complexity index is 2780. The Morgan fingerprint density at radius 2 is 1.42 bits per heavy atom. The molecule has 0 N–H and O–H groups in total. The minimum atomic E-state index is -2.07. The van der Waals surface area contributed by atoms with Crippen LogP contribution in [0.25, 0.3) is 54.9 Å². The second kappa shape index (κ2) is 9.86. The topological polar surface area (TPSA) is 44.4 Å². The number of benzene rings is 5. The molecule has 0 aliphatic carbocycles. The van der Waals surface area contributed by atoms with Crippen LogP contribution in [0.2, 0.25) is 13.1 Å². The maximum atomic E-state index is 16.7. The van der Waals surface area contributed by atoms with Crippen molar-refractivity contribution in [3.63, 3.8) is 0 Å². The molecule has 1 aliphatic rings. The largest absolute Gasteiger partial charge is 0.458 e. The summed E-state index contributed by atoms with van der Waals surface area (Å²) in [6, 6.07) is 38.9. The van der Waals surface area contributed by atoms with Gasteiger partial charge in [0.2, 0.25) is 0 Å². The highest BCUT2D eigenvalue weighted by Gasteiger charge is 2.37. The zero-order valence-corrected chi connectivity index (χ0v) is 27.4. The molecule has 0 radical (unpaired) electrons. The number of nitrogens with zero attached hydrogens (tertiary/aromatic N) is 4. The fourth-order valence-corrected chi connectivity index (χ4v) is 10.6. The number of fused-ring (bicyclic) bond motifs is 11. The lowest BCUT2D eigenvalue weighted by Crippen LogP contribution is -2.55. The van der Waals surface area contributed by atoms with Gasteiger partial charge in [0.05, 0.1) is 11.0 Å². The van der Waals surface area contributed by atoms with Gasteiger partial charge < -0.3 is 4.74 Å². The van der Waals surface area contributed by atoms with E-state index in [2.05, 4.69) is 75.6 Å². The number of alkyl halides is 1. The molecule has 7 heteroatoms. The highest BCUT2D eigenvalue weighted by molar-refractivity contribution is 7.01. The van der Waals surface area contributed by atoms with Crippen LogP contribution < -0.4 is 15.1 Å². The number of imidazole rings is 1. The Hall–Kier alpha value is -5.79. The van der Waals surface area contributed by atoms with Crippen molar-refractivity contribution in [2.45, 2.75) is 19.3 Å². The first kappa shape index (κ1) is 27.3. The van der Waals surface area contributed by atoms with Gasteiger partial charge in [0.1, 0.15) is 30.9 Å². The van der Waals surface area contributed by atoms with Gasteiger partial charge >= 0.3 is 0 Å². The Morgan fingerprint density at radius 3 is 2.35 bits per heavy atom. The average Bonchev–Trinajstić information content (AvgIpc) is 3.75. The molecule has 0 amide bonds. The second-order valence-corrected chi connectivity index (χ2v) is 17.5. The van der Waals surface area contributed by atoms with Crippen LogP contribution in [0.4, 0.5) is 4.39 Å². The smallest absolute Gasteiger partial charge is 0.150 e. The first-order valence-electron chi connectivity index (χ1n) is 16.2. The highest BCUT2D eigenvalue weighted by Crippen LogP contribution is 2.39. The number of halogens is 1. The predicted molar refractivity (Wildman–Crippen MR) is 195 cm³/mol. The van der Waals surface area contributed by atoms with E-state index in [-0.39, 0.29) is 0 Å². The average molecular weight is 641 g/mol. The van der Waals surface area contributed by atoms with Crippen LogP contribution >= 0.6 is 0 Å². The molecule has 5 heterocycles. The molecule has 5 nitrogen and oxygen atoms in total. The van der Waals surface area contributed by atoms with Crippen molar-refractivity contribution in [3.8, 4) is 17.2 Å². The van der Waals surface area contributed by atoms with E-state index in [0.717, 1.165) is 66.4 Å². The van der Waals surface area contributed by atoms with Crippen molar-refractivity contribution < 1.29 is 9.13 Å². The Balaban J connectivity index is 1.13. The fourth-order valence-electron chi connectivity index (χ4n) is 7.80. The molecule has 0 saturated carbocycles. The van der Waals surface area contributed by atoms with Gasteiger partial charge in [-0.25, -0.2) is 14.4 Å². The molecule has 5 aromatic carbocycles. The van der Waals surface area contributed by atoms with Gasteiger partial charge in [-0.2, -0.15) is 0 Å². The zero-order valence-electron chi connectivity index (χ0n) is 26.4. The molecule has 0 bridgehead atoms. The molecule has 1 atom stereocenters. The summed E-state index contributed by atoms with van der Waals surface area (Å²) in [6.45, 7) is 4.75. The van der Waals surface area contributed by atoms with E-state index >= 15 is 4.39 Å². The molecule has 0 spiro atoms. The van der Waals surface area contributed by atoms with Crippen LogP contribution in [0.15, 0.2) is 134 Å². The first-order chi connectivity index (χ1) is 23.5. The normalized spacial score (nSPS) is 14.4. The van der Waals surface area contributed by atoms with Crippen LogP contribution in [0.1, 0.15) is 17.3 Å². The van der Waals surface area contributed by atoms with Crippen molar-refractivity contribution in [2.24, 2.45) is 0 Å². The quantitative estimate of drug-likeness (QED) is 0.143. The molecule has 0 fully saturated rings. The van der Waals surface area contributed by atoms with Gasteiger partial charge in [-0.05, 0) is 81.5 Å². The number of rotatable bonds is 3. The van der Waals surface area contributed by atoms with Crippen LogP contribution in [-0.4, -0.2) is 27.0 Å². The van der Waals surface area contributed by atoms with Gasteiger partial charge in [0.15, 0.2) is 6.17 Å². The van der Waals surface area contributed by atoms with Crippen molar-refractivity contribution in [1.82, 2.24) is 18.9 Å². The molecule has 1 unspecified atom stereocenters. The van der Waals surface area contributed by atoms with E-state index in [1.54, 1.807) is 6.20 Å². The summed E-state index contributed by atoms with van der Waals surface area (Å²) in [4.78, 5) is 9.50. The molecule has 9 aromatic rings. The summed E-state index contributed by atoms with van der Waals surface area (Å²) < 4.78 is 27.5. The van der Waals surface area contributed by atoms with Crippen molar-refractivity contribution in [1.29, 1.82) is 0 Å². The SMILES string of the molecule is C[Si]1(C)c2ccccc2Oc2cc3c4cccnc4n(-c4cccc(C(F)c5ccc6c7ccccc7n7ccnc7c6c5)c4)c3cc21. The second-order valence-electron chi connectivity index (χ2n) is 13.2. The molecular weight excluding hydrogens is 612 g/mol. The number of para-hydroxylation sites is 2. The lowest BCUT2D eigenvalue weighted by Gasteiger charge is -2.33. The third kappa shape index (κ3) is 3.76. The summed E-state index contributed by atoms with van der Waals surface area (Å²) in [5.41, 5.74) is 5.83. The number of pyridine rings is 2. The summed E-state index contributed by atoms with van der Waals surface area (Å²) in [6.07, 6.45) is 4.25. The van der Waals surface area contributed by atoms with Crippen molar-refractivity contribution in [3.05, 3.63) is 145 Å². The van der Waals surface area contributed by atoms with Gasteiger partial charge in [-0.15, -0.1) is 0 Å². The lowest BCUT2D eigenvalue weighted by atomic mass is 9.98. The first-order valence-corrected chi connectivity index (χ1v) is 19.2. The summed E-state index contributed by atoms with van der Waals surface area (Å²) >= 11 is 0. The van der Waals surface area contributed by atoms with E-state index < -0.39 is 14.2 Å². The summed E-state index contributed by atoms with van der Waals surface area (Å²) in [5, 5.41) is 7.73. The maximum Gasteiger partial charge on any atom is 0.150 e. The molecule has 230 valence electrons. The van der Waals surface area contributed by atoms with Gasteiger partial charge in [0, 0.05) is 45.8 Å². The third-order valence-electron chi connectivity index (χ3n) is 10.2. The van der Waals surface area contributed by atoms with E-state index in [0.29, 0.717) is 11.1 Å². The number of aromatic nitrogens is 4. The number of ether oxygens (including phenoxy) is 1. The maximum absolute atomic E-state index is 16.7. The minimum Gasteiger partial charge on any atom is -0.458 e. The van der Waals surface area contributed by atoms with Crippen LogP contribution in [0.3, 0.4) is 0 Å². The van der Waals surface area contributed by atoms with Crippen molar-refractivity contribution >= 4 is 67.7 Å². The van der Waals surface area contributed by atoms with E-state index in [1.165, 1.54) is 10.4 Å². The molecule has 48 heavy (non-hydrogen) atoms. The summed E-state index contributed by atoms with van der Waals surface area (Å²) in [5.74, 6) is 1.86. The Kier molecular flexibility index (Phi) is 5.61. The van der Waals surface area contributed by atoms with Crippen LogP contribution in [0.5, 0.6) is 11.5 Å². The van der Waals surface area contributed by atoms with Crippen molar-refractivity contribution in [2.75, 3.05) is 0 Å². The minimum absolute atomic E-state index is 0.586. The molecule has 10 rings (SSSR count). The zero-order chi connectivity index (χ0) is 32.1. The van der Waals surface area contributed by atoms with E-state index in [1.807, 2.05) is 79.1 Å². The molecular formula is C41H29FN4OSi. The Morgan fingerprint density at radius 1 is 0.604 bits per heavy atom. The van der Waals surface area contributed by atoms with Crippen LogP contribution in [-0.2, 0) is 0 Å². The van der Waals surface area contributed by atoms with Gasteiger partial charge in [-0.1, -0.05) is 73.8 Å². The monoisotopic (exact) mass is 640 g/mol. The standard InChI is InChI=1S/C41H29FN4OSi/c1-48(2)37-15-6-5-14-35(37)47-36-23-31-30-12-8-18-43-41(30)46(34(31)24-38(36)48)27-10-7-9-25(21-27)39(42)26-16-17-28-29-11-3-4-13-33(29)45-20-19-44-40(45)32(28)22-26/h3-24,39H,1-2H3. The molecule has 0 saturated heterocycles. The van der Waals surface area contributed by atoms with Crippen LogP contribution in [0, 0.1) is 0 Å². The predicted octanol–water partition coefficient (Wildman–Crippen LogP) is 9.12. The Labute approximate surface area is 276 Å². The fraction of sp³-hybridized carbons (Fsp3) is 0.0732. The lowest BCUT2D eigenvalue weighted by molar-refractivity contribution is 0.402. The molecule has 1 aliphatic heterocycles. The number of hydrogen-bond donors (Lipinski definition) is 0. The number of hydrogen-bond acceptors (Lipinski definition) is 3. The van der Waals surface area contributed by atoms with Gasteiger partial charge in [-0.3, -0.25) is 8.97 Å². The summed E-state index contributed by atoms with van der Waals surface area (Å²) in [7, 11) is -2.07. The third-order valence-corrected chi connectivity index (χ3v) is 13.7. The van der Waals surface area contributed by atoms with E-state index in [4.69, 9.17) is 9.72 Å². The highest BCUT2D eigenvalue weighted by atomic mass is 28.3. The molecule has 4 aromatic heterocycles. The van der Waals surface area contributed by atoms with Gasteiger partial charge in [0.25, 0.3) is 0 Å².